The molecule has 126 valence electrons. The summed E-state index contributed by atoms with van der Waals surface area (Å²) in [6.07, 6.45) is -1.30. The minimum absolute atomic E-state index is 0.441. The molecule has 23 heavy (non-hydrogen) atoms. The van der Waals surface area contributed by atoms with Crippen LogP contribution in [-0.2, 0) is 15.0 Å². The quantitative estimate of drug-likeness (QED) is 0.843. The molecule has 0 aromatic heterocycles. The van der Waals surface area contributed by atoms with E-state index < -0.39 is 42.0 Å². The van der Waals surface area contributed by atoms with Crippen molar-refractivity contribution in [2.75, 3.05) is 0 Å². The number of carbonyl (C=O) groups excluding carboxylic acids is 1. The third-order valence-electron chi connectivity index (χ3n) is 4.31. The van der Waals surface area contributed by atoms with Gasteiger partial charge in [0.05, 0.1) is 5.41 Å². The zero-order valence-electron chi connectivity index (χ0n) is 12.4. The van der Waals surface area contributed by atoms with Crippen LogP contribution < -0.4 is 5.32 Å². The molecule has 0 radical (unpaired) electrons. The Morgan fingerprint density at radius 2 is 1.74 bits per heavy atom. The number of halogens is 3. The Morgan fingerprint density at radius 3 is 2.22 bits per heavy atom. The molecule has 2 rings (SSSR count). The van der Waals surface area contributed by atoms with Gasteiger partial charge in [0.25, 0.3) is 0 Å². The zero-order chi connectivity index (χ0) is 17.0. The maximum absolute atomic E-state index is 13.1. The molecule has 0 aliphatic heterocycles. The van der Waals surface area contributed by atoms with Crippen molar-refractivity contribution in [3.63, 3.8) is 0 Å². The maximum atomic E-state index is 13.1. The second kappa shape index (κ2) is 7.02. The first kappa shape index (κ1) is 17.3. The number of benzene rings is 1. The van der Waals surface area contributed by atoms with E-state index in [1.165, 1.54) is 24.3 Å². The second-order valence-electron chi connectivity index (χ2n) is 5.79. The average molecular weight is 329 g/mol. The maximum Gasteiger partial charge on any atom is 0.326 e. The molecule has 1 amide bonds. The Kier molecular flexibility index (Phi) is 5.28. The molecule has 1 aliphatic carbocycles. The van der Waals surface area contributed by atoms with Crippen LogP contribution in [-0.4, -0.2) is 29.5 Å². The van der Waals surface area contributed by atoms with Gasteiger partial charge in [-0.05, 0) is 30.5 Å². The van der Waals surface area contributed by atoms with Crippen LogP contribution >= 0.6 is 0 Å². The highest BCUT2D eigenvalue weighted by molar-refractivity contribution is 5.91. The third-order valence-corrected chi connectivity index (χ3v) is 4.31. The van der Waals surface area contributed by atoms with Crippen molar-refractivity contribution in [1.29, 1.82) is 0 Å². The highest BCUT2D eigenvalue weighted by Crippen LogP contribution is 2.41. The molecule has 1 unspecified atom stereocenters. The van der Waals surface area contributed by atoms with E-state index >= 15 is 0 Å². The summed E-state index contributed by atoms with van der Waals surface area (Å²) in [4.78, 5) is 23.7. The summed E-state index contributed by atoms with van der Waals surface area (Å²) in [6.45, 7) is 0. The summed E-state index contributed by atoms with van der Waals surface area (Å²) in [6, 6.07) is 3.81. The number of aliphatic carboxylic acids is 1. The van der Waals surface area contributed by atoms with Crippen LogP contribution in [0.2, 0.25) is 0 Å². The fraction of sp³-hybridized carbons (Fsp3) is 0.500. The van der Waals surface area contributed by atoms with Crippen LogP contribution in [0.15, 0.2) is 24.3 Å². The molecule has 0 bridgehead atoms. The first-order valence-corrected chi connectivity index (χ1v) is 7.43. The van der Waals surface area contributed by atoms with Crippen LogP contribution in [0.3, 0.4) is 0 Å². The lowest BCUT2D eigenvalue weighted by molar-refractivity contribution is -0.144. The number of hydrogen-bond donors (Lipinski definition) is 2. The standard InChI is InChI=1S/C16H18F3NO3/c17-11-5-3-10(4-6-11)16(7-1-2-8-16)15(23)20-12(14(21)22)9-13(18)19/h3-6,12-13H,1-2,7-9H2,(H,20,23)(H,21,22). The lowest BCUT2D eigenvalue weighted by atomic mass is 9.77. The van der Waals surface area contributed by atoms with E-state index in [0.717, 1.165) is 12.8 Å². The molecule has 4 nitrogen and oxygen atoms in total. The molecule has 0 heterocycles. The van der Waals surface area contributed by atoms with Crippen molar-refractivity contribution < 1.29 is 27.9 Å². The summed E-state index contributed by atoms with van der Waals surface area (Å²) in [7, 11) is 0. The fourth-order valence-corrected chi connectivity index (χ4v) is 3.09. The second-order valence-corrected chi connectivity index (χ2v) is 5.79. The van der Waals surface area contributed by atoms with Gasteiger partial charge >= 0.3 is 5.97 Å². The molecule has 2 N–H and O–H groups in total. The summed E-state index contributed by atoms with van der Waals surface area (Å²) in [5, 5.41) is 11.2. The molecule has 1 aromatic carbocycles. The third kappa shape index (κ3) is 3.83. The van der Waals surface area contributed by atoms with Gasteiger partial charge in [0.2, 0.25) is 12.3 Å². The van der Waals surface area contributed by atoms with Gasteiger partial charge in [-0.25, -0.2) is 18.0 Å². The number of nitrogens with one attached hydrogen (secondary N) is 1. The minimum atomic E-state index is -2.83. The Labute approximate surface area is 131 Å². The molecule has 1 aromatic rings. The van der Waals surface area contributed by atoms with Gasteiger partial charge in [-0.3, -0.25) is 4.79 Å². The van der Waals surface area contributed by atoms with E-state index in [1.807, 2.05) is 0 Å². The van der Waals surface area contributed by atoms with Crippen molar-refractivity contribution in [3.8, 4) is 0 Å². The fourth-order valence-electron chi connectivity index (χ4n) is 3.09. The Balaban J connectivity index is 2.24. The van der Waals surface area contributed by atoms with Gasteiger partial charge in [0, 0.05) is 6.42 Å². The van der Waals surface area contributed by atoms with Crippen molar-refractivity contribution in [2.24, 2.45) is 0 Å². The highest BCUT2D eigenvalue weighted by atomic mass is 19.3. The molecular formula is C16H18F3NO3. The molecule has 1 atom stereocenters. The van der Waals surface area contributed by atoms with Crippen LogP contribution in [0, 0.1) is 5.82 Å². The largest absolute Gasteiger partial charge is 0.480 e. The van der Waals surface area contributed by atoms with E-state index in [9.17, 15) is 22.8 Å². The Hall–Kier alpha value is -2.05. The van der Waals surface area contributed by atoms with Gasteiger partial charge < -0.3 is 10.4 Å². The van der Waals surface area contributed by atoms with Crippen LogP contribution in [0.1, 0.15) is 37.7 Å². The van der Waals surface area contributed by atoms with Crippen LogP contribution in [0.25, 0.3) is 0 Å². The summed E-state index contributed by atoms with van der Waals surface area (Å²) >= 11 is 0. The predicted molar refractivity (Wildman–Crippen MR) is 76.7 cm³/mol. The van der Waals surface area contributed by atoms with Gasteiger partial charge in [0.15, 0.2) is 0 Å². The predicted octanol–water partition coefficient (Wildman–Crippen LogP) is 2.86. The van der Waals surface area contributed by atoms with E-state index in [0.29, 0.717) is 18.4 Å². The molecule has 0 saturated heterocycles. The Morgan fingerprint density at radius 1 is 1.17 bits per heavy atom. The van der Waals surface area contributed by atoms with Crippen LogP contribution in [0.5, 0.6) is 0 Å². The molecule has 1 saturated carbocycles. The lowest BCUT2D eigenvalue weighted by Crippen LogP contribution is -2.50. The average Bonchev–Trinajstić information content (AvgIpc) is 2.97. The van der Waals surface area contributed by atoms with Gasteiger partial charge in [0.1, 0.15) is 11.9 Å². The molecule has 1 aliphatic rings. The topological polar surface area (TPSA) is 66.4 Å². The van der Waals surface area contributed by atoms with Crippen molar-refractivity contribution in [1.82, 2.24) is 5.32 Å². The van der Waals surface area contributed by atoms with Gasteiger partial charge in [-0.2, -0.15) is 0 Å². The lowest BCUT2D eigenvalue weighted by Gasteiger charge is -2.30. The van der Waals surface area contributed by atoms with E-state index in [1.54, 1.807) is 0 Å². The number of carboxylic acid groups (broad SMARTS) is 1. The smallest absolute Gasteiger partial charge is 0.326 e. The molecule has 0 spiro atoms. The first-order valence-electron chi connectivity index (χ1n) is 7.43. The summed E-state index contributed by atoms with van der Waals surface area (Å²) in [5.41, 5.74) is -0.404. The van der Waals surface area contributed by atoms with Crippen molar-refractivity contribution >= 4 is 11.9 Å². The monoisotopic (exact) mass is 329 g/mol. The highest BCUT2D eigenvalue weighted by Gasteiger charge is 2.44. The summed E-state index contributed by atoms with van der Waals surface area (Å²) < 4.78 is 38.1. The number of carbonyl (C=O) groups is 2. The minimum Gasteiger partial charge on any atom is -0.480 e. The number of amides is 1. The van der Waals surface area contributed by atoms with E-state index in [2.05, 4.69) is 5.32 Å². The van der Waals surface area contributed by atoms with E-state index in [-0.39, 0.29) is 0 Å². The van der Waals surface area contributed by atoms with Gasteiger partial charge in [-0.1, -0.05) is 25.0 Å². The Bertz CT molecular complexity index is 568. The van der Waals surface area contributed by atoms with E-state index in [4.69, 9.17) is 5.11 Å². The SMILES string of the molecule is O=C(O)C(CC(F)F)NC(=O)C1(c2ccc(F)cc2)CCCC1. The molecular weight excluding hydrogens is 311 g/mol. The van der Waals surface area contributed by atoms with Crippen molar-refractivity contribution in [2.45, 2.75) is 50.0 Å². The number of rotatable bonds is 6. The first-order chi connectivity index (χ1) is 10.8. The molecule has 1 fully saturated rings. The number of hydrogen-bond acceptors (Lipinski definition) is 2. The van der Waals surface area contributed by atoms with Gasteiger partial charge in [-0.15, -0.1) is 0 Å². The van der Waals surface area contributed by atoms with Crippen LogP contribution in [0.4, 0.5) is 13.2 Å². The zero-order valence-corrected chi connectivity index (χ0v) is 12.4. The summed E-state index contributed by atoms with van der Waals surface area (Å²) in [5.74, 6) is -2.52. The number of carboxylic acids is 1. The van der Waals surface area contributed by atoms with Crippen molar-refractivity contribution in [3.05, 3.63) is 35.6 Å². The molecule has 7 heteroatoms. The normalized spacial score (nSPS) is 17.9. The number of alkyl halides is 2.